The number of amides is 1. The van der Waals surface area contributed by atoms with Crippen LogP contribution in [0.4, 0.5) is 4.39 Å². The van der Waals surface area contributed by atoms with Crippen LogP contribution in [0.15, 0.2) is 24.3 Å². The van der Waals surface area contributed by atoms with E-state index in [9.17, 15) is 19.1 Å². The number of hydrogen-bond acceptors (Lipinski definition) is 4. The fourth-order valence-corrected chi connectivity index (χ4v) is 2.06. The summed E-state index contributed by atoms with van der Waals surface area (Å²) in [7, 11) is 1.21. The number of esters is 1. The van der Waals surface area contributed by atoms with E-state index in [1.54, 1.807) is 6.07 Å². The Morgan fingerprint density at radius 2 is 2.05 bits per heavy atom. The number of benzene rings is 1. The van der Waals surface area contributed by atoms with Crippen molar-refractivity contribution in [2.45, 2.75) is 38.8 Å². The molecule has 0 bridgehead atoms. The van der Waals surface area contributed by atoms with Crippen LogP contribution in [0.5, 0.6) is 0 Å². The van der Waals surface area contributed by atoms with Gasteiger partial charge in [-0.1, -0.05) is 26.0 Å². The summed E-state index contributed by atoms with van der Waals surface area (Å²) in [6.45, 7) is 3.75. The van der Waals surface area contributed by atoms with Gasteiger partial charge >= 0.3 is 5.97 Å². The smallest absolute Gasteiger partial charge is 0.328 e. The second kappa shape index (κ2) is 8.48. The topological polar surface area (TPSA) is 75.6 Å². The maximum absolute atomic E-state index is 13.2. The van der Waals surface area contributed by atoms with E-state index in [0.717, 1.165) is 0 Å². The second-order valence-corrected chi connectivity index (χ2v) is 5.56. The molecule has 0 aliphatic heterocycles. The van der Waals surface area contributed by atoms with E-state index in [-0.39, 0.29) is 12.3 Å². The number of rotatable bonds is 7. The minimum absolute atomic E-state index is 0.0879. The SMILES string of the molecule is COC(=O)[C@@H](Cc1cccc(F)c1)NC(=O)[C@H](O)CC(C)C. The van der Waals surface area contributed by atoms with Gasteiger partial charge in [-0.25, -0.2) is 9.18 Å². The van der Waals surface area contributed by atoms with E-state index in [1.807, 2.05) is 13.8 Å². The third-order valence-electron chi connectivity index (χ3n) is 3.13. The molecule has 1 aromatic rings. The van der Waals surface area contributed by atoms with Crippen LogP contribution in [0.2, 0.25) is 0 Å². The van der Waals surface area contributed by atoms with Gasteiger partial charge in [0.05, 0.1) is 7.11 Å². The molecule has 1 amide bonds. The molecule has 0 fully saturated rings. The molecule has 0 radical (unpaired) electrons. The normalized spacial score (nSPS) is 13.5. The Morgan fingerprint density at radius 1 is 1.36 bits per heavy atom. The van der Waals surface area contributed by atoms with E-state index < -0.39 is 29.8 Å². The zero-order valence-corrected chi connectivity index (χ0v) is 13.0. The van der Waals surface area contributed by atoms with Gasteiger partial charge in [-0.05, 0) is 30.0 Å². The summed E-state index contributed by atoms with van der Waals surface area (Å²) in [5.41, 5.74) is 0.550. The van der Waals surface area contributed by atoms with Crippen molar-refractivity contribution in [2.75, 3.05) is 7.11 Å². The summed E-state index contributed by atoms with van der Waals surface area (Å²) in [4.78, 5) is 23.7. The molecule has 0 unspecified atom stereocenters. The number of hydrogen-bond donors (Lipinski definition) is 2. The van der Waals surface area contributed by atoms with Crippen LogP contribution in [0, 0.1) is 11.7 Å². The van der Waals surface area contributed by atoms with Crippen LogP contribution in [0.25, 0.3) is 0 Å². The minimum Gasteiger partial charge on any atom is -0.467 e. The van der Waals surface area contributed by atoms with Crippen molar-refractivity contribution >= 4 is 11.9 Å². The maximum Gasteiger partial charge on any atom is 0.328 e. The van der Waals surface area contributed by atoms with Crippen molar-refractivity contribution in [3.63, 3.8) is 0 Å². The molecule has 2 atom stereocenters. The Balaban J connectivity index is 2.77. The first-order valence-corrected chi connectivity index (χ1v) is 7.14. The van der Waals surface area contributed by atoms with Crippen molar-refractivity contribution in [3.05, 3.63) is 35.6 Å². The Morgan fingerprint density at radius 3 is 2.59 bits per heavy atom. The summed E-state index contributed by atoms with van der Waals surface area (Å²) < 4.78 is 17.8. The molecule has 0 aliphatic carbocycles. The fraction of sp³-hybridized carbons (Fsp3) is 0.500. The van der Waals surface area contributed by atoms with E-state index in [4.69, 9.17) is 0 Å². The molecule has 0 spiro atoms. The molecule has 1 rings (SSSR count). The molecule has 0 saturated carbocycles. The van der Waals surface area contributed by atoms with E-state index in [1.165, 1.54) is 25.3 Å². The third kappa shape index (κ3) is 5.81. The highest BCUT2D eigenvalue weighted by Gasteiger charge is 2.25. The van der Waals surface area contributed by atoms with Crippen molar-refractivity contribution in [1.82, 2.24) is 5.32 Å². The highest BCUT2D eigenvalue weighted by atomic mass is 19.1. The summed E-state index contributed by atoms with van der Waals surface area (Å²) in [5.74, 6) is -1.57. The van der Waals surface area contributed by atoms with Gasteiger partial charge in [-0.2, -0.15) is 0 Å². The van der Waals surface area contributed by atoms with Gasteiger partial charge in [-0.15, -0.1) is 0 Å². The maximum atomic E-state index is 13.2. The molecule has 0 heterocycles. The lowest BCUT2D eigenvalue weighted by Gasteiger charge is -2.19. The van der Waals surface area contributed by atoms with Crippen molar-refractivity contribution in [1.29, 1.82) is 0 Å². The average Bonchev–Trinajstić information content (AvgIpc) is 2.44. The number of halogens is 1. The number of nitrogens with one attached hydrogen (secondary N) is 1. The van der Waals surface area contributed by atoms with Gasteiger partial charge in [0, 0.05) is 6.42 Å². The summed E-state index contributed by atoms with van der Waals surface area (Å²) in [6, 6.07) is 4.78. The molecule has 0 aromatic heterocycles. The zero-order valence-electron chi connectivity index (χ0n) is 13.0. The molecule has 0 saturated heterocycles. The molecule has 5 nitrogen and oxygen atoms in total. The quantitative estimate of drug-likeness (QED) is 0.747. The van der Waals surface area contributed by atoms with Gasteiger partial charge in [0.1, 0.15) is 18.0 Å². The largest absolute Gasteiger partial charge is 0.467 e. The minimum atomic E-state index is -1.19. The first kappa shape index (κ1) is 18.1. The third-order valence-corrected chi connectivity index (χ3v) is 3.13. The average molecular weight is 311 g/mol. The van der Waals surface area contributed by atoms with E-state index in [2.05, 4.69) is 10.1 Å². The number of methoxy groups -OCH3 is 1. The Labute approximate surface area is 129 Å². The lowest BCUT2D eigenvalue weighted by atomic mass is 10.0. The monoisotopic (exact) mass is 311 g/mol. The molecule has 122 valence electrons. The number of carbonyl (C=O) groups excluding carboxylic acids is 2. The van der Waals surface area contributed by atoms with Crippen LogP contribution in [0.3, 0.4) is 0 Å². The van der Waals surface area contributed by atoms with Crippen LogP contribution < -0.4 is 5.32 Å². The highest BCUT2D eigenvalue weighted by Crippen LogP contribution is 2.09. The van der Waals surface area contributed by atoms with Gasteiger partial charge in [0.15, 0.2) is 0 Å². The van der Waals surface area contributed by atoms with Crippen LogP contribution >= 0.6 is 0 Å². The highest BCUT2D eigenvalue weighted by molar-refractivity contribution is 5.86. The lowest BCUT2D eigenvalue weighted by Crippen LogP contribution is -2.47. The summed E-state index contributed by atoms with van der Waals surface area (Å²) >= 11 is 0. The summed E-state index contributed by atoms with van der Waals surface area (Å²) in [6.07, 6.45) is -0.816. The van der Waals surface area contributed by atoms with Crippen LogP contribution in [0.1, 0.15) is 25.8 Å². The predicted octanol–water partition coefficient (Wildman–Crippen LogP) is 1.43. The fourth-order valence-electron chi connectivity index (χ4n) is 2.06. The zero-order chi connectivity index (χ0) is 16.7. The van der Waals surface area contributed by atoms with Crippen molar-refractivity contribution in [2.24, 2.45) is 5.92 Å². The number of aliphatic hydroxyl groups is 1. The molecular weight excluding hydrogens is 289 g/mol. The molecule has 0 aliphatic rings. The Kier molecular flexibility index (Phi) is 6.98. The first-order valence-electron chi connectivity index (χ1n) is 7.14. The second-order valence-electron chi connectivity index (χ2n) is 5.56. The van der Waals surface area contributed by atoms with E-state index in [0.29, 0.717) is 12.0 Å². The Hall–Kier alpha value is -1.95. The van der Waals surface area contributed by atoms with Gasteiger partial charge in [-0.3, -0.25) is 4.79 Å². The number of aliphatic hydroxyl groups excluding tert-OH is 1. The lowest BCUT2D eigenvalue weighted by molar-refractivity contribution is -0.146. The van der Waals surface area contributed by atoms with E-state index >= 15 is 0 Å². The van der Waals surface area contributed by atoms with Gasteiger partial charge in [0.25, 0.3) is 0 Å². The number of carbonyl (C=O) groups is 2. The van der Waals surface area contributed by atoms with Crippen molar-refractivity contribution < 1.29 is 23.8 Å². The van der Waals surface area contributed by atoms with Crippen molar-refractivity contribution in [3.8, 4) is 0 Å². The first-order chi connectivity index (χ1) is 10.3. The molecule has 1 aromatic carbocycles. The summed E-state index contributed by atoms with van der Waals surface area (Å²) in [5, 5.41) is 12.2. The predicted molar refractivity (Wildman–Crippen MR) is 79.5 cm³/mol. The van der Waals surface area contributed by atoms with Crippen LogP contribution in [-0.2, 0) is 20.7 Å². The molecule has 2 N–H and O–H groups in total. The molecule has 6 heteroatoms. The van der Waals surface area contributed by atoms with Crippen LogP contribution in [-0.4, -0.2) is 36.2 Å². The molecule has 22 heavy (non-hydrogen) atoms. The van der Waals surface area contributed by atoms with Gasteiger partial charge in [0.2, 0.25) is 5.91 Å². The molecular formula is C16H22FNO4. The van der Waals surface area contributed by atoms with Gasteiger partial charge < -0.3 is 15.2 Å². The Bertz CT molecular complexity index is 519. The standard InChI is InChI=1S/C16H22FNO4/c1-10(2)7-14(19)15(20)18-13(16(21)22-3)9-11-5-4-6-12(17)8-11/h4-6,8,10,13-14,19H,7,9H2,1-3H3,(H,18,20)/t13-,14-/m1/s1. The number of ether oxygens (including phenoxy) is 1.